The Morgan fingerprint density at radius 1 is 1.13 bits per heavy atom. The highest BCUT2D eigenvalue weighted by molar-refractivity contribution is 9.10. The molecular formula is C29H27BrClN3O5. The number of halogens is 2. The van der Waals surface area contributed by atoms with Crippen molar-refractivity contribution in [3.8, 4) is 5.75 Å². The van der Waals surface area contributed by atoms with Gasteiger partial charge in [-0.1, -0.05) is 57.9 Å². The molecule has 10 heteroatoms. The standard InChI is InChI=1S/C29H27BrClN3O5/c1-17-25(27(35)33(2)16-20-6-4-5-7-24(20)31)26(21-12-22(30)14-23(13-21)39-3)32-29(38)34(17)15-18-8-10-19(11-9-18)28(36)37/h4-14,26H,15-16H2,1-3H3,(H,32,38)(H,36,37). The minimum absolute atomic E-state index is 0.148. The highest BCUT2D eigenvalue weighted by Crippen LogP contribution is 2.36. The molecule has 8 nitrogen and oxygen atoms in total. The first-order valence-corrected chi connectivity index (χ1v) is 13.2. The number of urea groups is 1. The number of rotatable bonds is 8. The summed E-state index contributed by atoms with van der Waals surface area (Å²) >= 11 is 9.84. The van der Waals surface area contributed by atoms with Crippen LogP contribution in [0.4, 0.5) is 4.79 Å². The lowest BCUT2D eigenvalue weighted by Gasteiger charge is -2.37. The maximum Gasteiger partial charge on any atom is 0.335 e. The van der Waals surface area contributed by atoms with Gasteiger partial charge in [0.2, 0.25) is 0 Å². The van der Waals surface area contributed by atoms with Crippen LogP contribution in [0.2, 0.25) is 5.02 Å². The number of hydrogen-bond acceptors (Lipinski definition) is 4. The van der Waals surface area contributed by atoms with E-state index in [4.69, 9.17) is 16.3 Å². The Balaban J connectivity index is 1.75. The first-order valence-electron chi connectivity index (χ1n) is 12.0. The Morgan fingerprint density at radius 2 is 1.82 bits per heavy atom. The predicted molar refractivity (Wildman–Crippen MR) is 152 cm³/mol. The number of nitrogens with one attached hydrogen (secondary N) is 1. The third-order valence-electron chi connectivity index (χ3n) is 6.54. The quantitative estimate of drug-likeness (QED) is 0.325. The van der Waals surface area contributed by atoms with Crippen molar-refractivity contribution in [1.29, 1.82) is 0 Å². The summed E-state index contributed by atoms with van der Waals surface area (Å²) in [5.74, 6) is -0.735. The minimum atomic E-state index is -1.03. The third kappa shape index (κ3) is 6.26. The molecule has 0 spiro atoms. The van der Waals surface area contributed by atoms with Gasteiger partial charge in [0.05, 0.1) is 30.8 Å². The van der Waals surface area contributed by atoms with E-state index in [-0.39, 0.29) is 30.6 Å². The number of allylic oxidation sites excluding steroid dienone is 1. The number of amides is 3. The number of nitrogens with zero attached hydrogens (tertiary/aromatic N) is 2. The second-order valence-corrected chi connectivity index (χ2v) is 10.5. The summed E-state index contributed by atoms with van der Waals surface area (Å²) in [5, 5.41) is 12.7. The smallest absolute Gasteiger partial charge is 0.335 e. The zero-order valence-corrected chi connectivity index (χ0v) is 23.9. The molecule has 0 saturated heterocycles. The Morgan fingerprint density at radius 3 is 2.46 bits per heavy atom. The Bertz CT molecular complexity index is 1460. The van der Waals surface area contributed by atoms with Crippen molar-refractivity contribution in [1.82, 2.24) is 15.1 Å². The van der Waals surface area contributed by atoms with Crippen LogP contribution in [-0.4, -0.2) is 47.0 Å². The summed E-state index contributed by atoms with van der Waals surface area (Å²) in [6.07, 6.45) is 0. The number of aromatic carboxylic acids is 1. The van der Waals surface area contributed by atoms with Crippen molar-refractivity contribution >= 4 is 45.4 Å². The van der Waals surface area contributed by atoms with E-state index in [2.05, 4.69) is 21.2 Å². The first-order chi connectivity index (χ1) is 18.6. The minimum Gasteiger partial charge on any atom is -0.497 e. The fourth-order valence-corrected chi connectivity index (χ4v) is 5.15. The van der Waals surface area contributed by atoms with Crippen molar-refractivity contribution in [2.45, 2.75) is 26.1 Å². The van der Waals surface area contributed by atoms with Crippen molar-refractivity contribution in [3.63, 3.8) is 0 Å². The molecule has 1 atom stereocenters. The number of benzene rings is 3. The van der Waals surface area contributed by atoms with Crippen LogP contribution in [0.3, 0.4) is 0 Å². The average molecular weight is 613 g/mol. The molecule has 0 aromatic heterocycles. The van der Waals surface area contributed by atoms with Crippen molar-refractivity contribution in [2.75, 3.05) is 14.2 Å². The van der Waals surface area contributed by atoms with Gasteiger partial charge in [-0.05, 0) is 60.0 Å². The van der Waals surface area contributed by atoms with Gasteiger partial charge < -0.3 is 20.1 Å². The van der Waals surface area contributed by atoms with E-state index >= 15 is 0 Å². The molecule has 1 heterocycles. The van der Waals surface area contributed by atoms with Crippen LogP contribution < -0.4 is 10.1 Å². The molecule has 0 fully saturated rings. The Labute approximate surface area is 239 Å². The maximum atomic E-state index is 14.0. The number of ether oxygens (including phenoxy) is 1. The van der Waals surface area contributed by atoms with E-state index < -0.39 is 12.0 Å². The monoisotopic (exact) mass is 611 g/mol. The Hall–Kier alpha value is -3.82. The van der Waals surface area contributed by atoms with Crippen molar-refractivity contribution in [2.24, 2.45) is 0 Å². The molecule has 202 valence electrons. The summed E-state index contributed by atoms with van der Waals surface area (Å²) in [6.45, 7) is 2.16. The number of hydrogen-bond donors (Lipinski definition) is 2. The van der Waals surface area contributed by atoms with Gasteiger partial charge in [0.1, 0.15) is 5.75 Å². The van der Waals surface area contributed by atoms with E-state index in [0.717, 1.165) is 10.0 Å². The van der Waals surface area contributed by atoms with Gasteiger partial charge in [-0.3, -0.25) is 9.69 Å². The van der Waals surface area contributed by atoms with Crippen LogP contribution in [-0.2, 0) is 17.9 Å². The fourth-order valence-electron chi connectivity index (χ4n) is 4.46. The zero-order valence-electron chi connectivity index (χ0n) is 21.6. The zero-order chi connectivity index (χ0) is 28.3. The Kier molecular flexibility index (Phi) is 8.62. The van der Waals surface area contributed by atoms with Crippen LogP contribution in [0.25, 0.3) is 0 Å². The largest absolute Gasteiger partial charge is 0.497 e. The third-order valence-corrected chi connectivity index (χ3v) is 7.37. The topological polar surface area (TPSA) is 99.2 Å². The second kappa shape index (κ2) is 11.9. The summed E-state index contributed by atoms with van der Waals surface area (Å²) < 4.78 is 6.16. The summed E-state index contributed by atoms with van der Waals surface area (Å²) in [5.41, 5.74) is 3.22. The molecule has 0 saturated carbocycles. The molecule has 0 aliphatic carbocycles. The van der Waals surface area contributed by atoms with Gasteiger partial charge >= 0.3 is 12.0 Å². The normalized spacial score (nSPS) is 15.2. The van der Waals surface area contributed by atoms with Crippen molar-refractivity contribution in [3.05, 3.63) is 110 Å². The van der Waals surface area contributed by atoms with Crippen LogP contribution in [0.5, 0.6) is 5.75 Å². The van der Waals surface area contributed by atoms with E-state index in [1.54, 1.807) is 56.3 Å². The SMILES string of the molecule is COc1cc(Br)cc(C2NC(=O)N(Cc3ccc(C(=O)O)cc3)C(C)=C2C(=O)N(C)Cc2ccccc2Cl)c1. The molecule has 3 aromatic carbocycles. The van der Waals surface area contributed by atoms with Crippen molar-refractivity contribution < 1.29 is 24.2 Å². The van der Waals surface area contributed by atoms with Gasteiger partial charge in [-0.15, -0.1) is 0 Å². The molecule has 39 heavy (non-hydrogen) atoms. The molecule has 0 bridgehead atoms. The molecule has 4 rings (SSSR count). The summed E-state index contributed by atoms with van der Waals surface area (Å²) in [6, 6.07) is 17.9. The van der Waals surface area contributed by atoms with Crippen LogP contribution in [0.15, 0.2) is 82.5 Å². The van der Waals surface area contributed by atoms with Gasteiger partial charge in [0.25, 0.3) is 5.91 Å². The predicted octanol–water partition coefficient (Wildman–Crippen LogP) is 6.01. The molecule has 3 aromatic rings. The molecule has 1 aliphatic heterocycles. The number of methoxy groups -OCH3 is 1. The van der Waals surface area contributed by atoms with E-state index in [9.17, 15) is 19.5 Å². The van der Waals surface area contributed by atoms with Crippen LogP contribution >= 0.6 is 27.5 Å². The highest BCUT2D eigenvalue weighted by atomic mass is 79.9. The van der Waals surface area contributed by atoms with E-state index in [1.807, 2.05) is 24.3 Å². The van der Waals surface area contributed by atoms with E-state index in [0.29, 0.717) is 33.2 Å². The van der Waals surface area contributed by atoms with Crippen LogP contribution in [0.1, 0.15) is 40.0 Å². The molecule has 1 aliphatic rings. The number of likely N-dealkylation sites (N-methyl/N-ethyl adjacent to an activating group) is 1. The van der Waals surface area contributed by atoms with Gasteiger partial charge in [0.15, 0.2) is 0 Å². The maximum absolute atomic E-state index is 14.0. The second-order valence-electron chi connectivity index (χ2n) is 9.15. The molecule has 1 unspecified atom stereocenters. The lowest BCUT2D eigenvalue weighted by atomic mass is 9.93. The average Bonchev–Trinajstić information content (AvgIpc) is 2.91. The van der Waals surface area contributed by atoms with E-state index in [1.165, 1.54) is 17.0 Å². The molecule has 2 N–H and O–H groups in total. The molecule has 3 amide bonds. The molecule has 0 radical (unpaired) electrons. The number of carbonyl (C=O) groups is 3. The lowest BCUT2D eigenvalue weighted by molar-refractivity contribution is -0.127. The van der Waals surface area contributed by atoms with Gasteiger partial charge in [-0.25, -0.2) is 9.59 Å². The fraction of sp³-hybridized carbons (Fsp3) is 0.207. The number of carboxylic acid groups (broad SMARTS) is 1. The number of carboxylic acids is 1. The molecular weight excluding hydrogens is 586 g/mol. The summed E-state index contributed by atoms with van der Waals surface area (Å²) in [7, 11) is 3.24. The number of carbonyl (C=O) groups excluding carboxylic acids is 2. The van der Waals surface area contributed by atoms with Gasteiger partial charge in [0, 0.05) is 28.8 Å². The summed E-state index contributed by atoms with van der Waals surface area (Å²) in [4.78, 5) is 41.7. The lowest BCUT2D eigenvalue weighted by Crippen LogP contribution is -2.49. The van der Waals surface area contributed by atoms with Gasteiger partial charge in [-0.2, -0.15) is 0 Å². The highest BCUT2D eigenvalue weighted by Gasteiger charge is 2.37. The van der Waals surface area contributed by atoms with Crippen LogP contribution in [0, 0.1) is 0 Å². The first kappa shape index (κ1) is 28.2.